The number of alkyl halides is 1. The van der Waals surface area contributed by atoms with Gasteiger partial charge in [-0.25, -0.2) is 9.59 Å². The molecule has 0 saturated heterocycles. The van der Waals surface area contributed by atoms with Gasteiger partial charge in [-0.05, 0) is 71.4 Å². The number of carbonyl (C=O) groups is 8. The van der Waals surface area contributed by atoms with Gasteiger partial charge >= 0.3 is 24.1 Å². The summed E-state index contributed by atoms with van der Waals surface area (Å²) >= 11 is 18.4. The molecular weight excluding hydrogens is 855 g/mol. The molecule has 2 aliphatic rings. The quantitative estimate of drug-likeness (QED) is 0.114. The maximum Gasteiger partial charge on any atom is 0.413 e. The number of Topliss-reactive ketones (excluding diaryl/α,β-unsaturated/α-hetero) is 4. The van der Waals surface area contributed by atoms with Crippen LogP contribution in [0.25, 0.3) is 0 Å². The molecule has 6 atom stereocenters. The zero-order chi connectivity index (χ0) is 46.2. The molecule has 4 rings (SSSR count). The Morgan fingerprint density at radius 2 is 1.05 bits per heavy atom. The molecular formula is C44H57Cl3N2O12. The van der Waals surface area contributed by atoms with Gasteiger partial charge in [0.05, 0.1) is 11.8 Å². The van der Waals surface area contributed by atoms with Crippen molar-refractivity contribution in [1.82, 2.24) is 9.80 Å². The van der Waals surface area contributed by atoms with Gasteiger partial charge in [0.2, 0.25) is 6.29 Å². The summed E-state index contributed by atoms with van der Waals surface area (Å²) in [4.78, 5) is 97.2. The van der Waals surface area contributed by atoms with Gasteiger partial charge < -0.3 is 28.9 Å². The zero-order valence-corrected chi connectivity index (χ0v) is 38.2. The van der Waals surface area contributed by atoms with Crippen molar-refractivity contribution in [2.75, 3.05) is 14.1 Å². The first kappa shape index (κ1) is 52.6. The molecule has 0 heterocycles. The third-order valence-corrected chi connectivity index (χ3v) is 11.2. The Kier molecular flexibility index (Phi) is 20.9. The third kappa shape index (κ3) is 14.3. The number of carbonyl (C=O) groups excluding carboxylic acids is 7. The van der Waals surface area contributed by atoms with Crippen molar-refractivity contribution >= 4 is 82.1 Å². The van der Waals surface area contributed by atoms with E-state index in [4.69, 9.17) is 54.1 Å². The van der Waals surface area contributed by atoms with Gasteiger partial charge in [0.15, 0.2) is 17.1 Å². The monoisotopic (exact) mass is 910 g/mol. The van der Waals surface area contributed by atoms with Crippen LogP contribution in [0.2, 0.25) is 10.0 Å². The van der Waals surface area contributed by atoms with E-state index in [9.17, 15) is 38.4 Å². The van der Waals surface area contributed by atoms with E-state index < -0.39 is 58.9 Å². The smallest absolute Gasteiger partial charge is 0.413 e. The molecule has 2 aromatic rings. The molecule has 2 aliphatic carbocycles. The Balaban J connectivity index is 0.000000360. The van der Waals surface area contributed by atoms with E-state index in [1.807, 2.05) is 6.07 Å². The highest BCUT2D eigenvalue weighted by molar-refractivity contribution is 6.32. The minimum absolute atomic E-state index is 0.0199. The Hall–Kier alpha value is -4.53. The second-order valence-electron chi connectivity index (χ2n) is 15.3. The topological polar surface area (TPSA) is 191 Å². The molecule has 1 N–H and O–H groups in total. The number of benzene rings is 2. The van der Waals surface area contributed by atoms with Crippen molar-refractivity contribution in [1.29, 1.82) is 0 Å². The first-order chi connectivity index (χ1) is 28.5. The lowest BCUT2D eigenvalue weighted by Gasteiger charge is -2.43. The summed E-state index contributed by atoms with van der Waals surface area (Å²) in [5, 5.41) is 9.14. The largest absolute Gasteiger partial charge is 0.481 e. The lowest BCUT2D eigenvalue weighted by atomic mass is 9.74. The number of hydrogen-bond acceptors (Lipinski definition) is 11. The lowest BCUT2D eigenvalue weighted by Crippen LogP contribution is -2.54. The first-order valence-electron chi connectivity index (χ1n) is 20.0. The zero-order valence-electron chi connectivity index (χ0n) is 36.0. The molecule has 0 bridgehead atoms. The van der Waals surface area contributed by atoms with Crippen molar-refractivity contribution < 1.29 is 57.7 Å². The highest BCUT2D eigenvalue weighted by Gasteiger charge is 2.50. The molecule has 2 fully saturated rings. The molecule has 17 heteroatoms. The van der Waals surface area contributed by atoms with Crippen LogP contribution < -0.4 is 0 Å². The van der Waals surface area contributed by atoms with Crippen molar-refractivity contribution in [3.63, 3.8) is 0 Å². The minimum Gasteiger partial charge on any atom is -0.481 e. The highest BCUT2D eigenvalue weighted by Crippen LogP contribution is 2.44. The van der Waals surface area contributed by atoms with E-state index in [0.717, 1.165) is 25.7 Å². The predicted molar refractivity (Wildman–Crippen MR) is 229 cm³/mol. The van der Waals surface area contributed by atoms with E-state index in [2.05, 4.69) is 0 Å². The number of aliphatic carboxylic acids is 1. The molecule has 2 amide bonds. The van der Waals surface area contributed by atoms with E-state index in [1.54, 1.807) is 63.4 Å². The van der Waals surface area contributed by atoms with Crippen LogP contribution in [0.4, 0.5) is 9.59 Å². The molecule has 2 aromatic carbocycles. The number of nitrogens with zero attached hydrogens (tertiary/aromatic N) is 2. The van der Waals surface area contributed by atoms with Gasteiger partial charge in [-0.3, -0.25) is 29.0 Å². The molecule has 0 aliphatic heterocycles. The third-order valence-electron chi connectivity index (χ3n) is 10.5. The number of halogens is 3. The van der Waals surface area contributed by atoms with Gasteiger partial charge in [-0.1, -0.05) is 85.0 Å². The average Bonchev–Trinajstić information content (AvgIpc) is 3.18. The van der Waals surface area contributed by atoms with Crippen LogP contribution in [0.5, 0.6) is 0 Å². The van der Waals surface area contributed by atoms with E-state index in [-0.39, 0.29) is 36.0 Å². The Labute approximate surface area is 372 Å². The fraction of sp³-hybridized carbons (Fsp3) is 0.545. The number of likely N-dealkylation sites (N-methyl/N-ethyl adjacent to an activating group) is 2. The van der Waals surface area contributed by atoms with Crippen molar-refractivity contribution in [2.45, 2.75) is 129 Å². The fourth-order valence-electron chi connectivity index (χ4n) is 7.35. The SMILES string of the molecule is CC(=O)C[C@@H](C)C(=O)O.CC(=O)C[C@@H](C)C(=O)OC(C)OC(=O)N(C)[C@]1(c2ccccc2Cl)CCCCC1=O.CC(Cl)OC(=O)N(C)[C@]1(c2ccccc2Cl)CCCCC1=O. The maximum atomic E-state index is 13.0. The molecule has 14 nitrogen and oxygen atoms in total. The maximum absolute atomic E-state index is 13.0. The summed E-state index contributed by atoms with van der Waals surface area (Å²) in [5.41, 5.74) is -1.89. The highest BCUT2D eigenvalue weighted by atomic mass is 35.5. The van der Waals surface area contributed by atoms with Crippen LogP contribution in [-0.4, -0.2) is 88.1 Å². The number of carboxylic acid groups (broad SMARTS) is 1. The number of carboxylic acids is 1. The summed E-state index contributed by atoms with van der Waals surface area (Å²) in [7, 11) is 3.05. The number of ether oxygens (including phenoxy) is 3. The van der Waals surface area contributed by atoms with Crippen LogP contribution in [-0.2, 0) is 54.1 Å². The van der Waals surface area contributed by atoms with E-state index in [0.29, 0.717) is 46.9 Å². The fourth-order valence-corrected chi connectivity index (χ4v) is 8.01. The number of ketones is 4. The number of rotatable bonds is 13. The van der Waals surface area contributed by atoms with Crippen molar-refractivity contribution in [3.8, 4) is 0 Å². The minimum atomic E-state index is -1.24. The van der Waals surface area contributed by atoms with Crippen LogP contribution >= 0.6 is 34.8 Å². The molecule has 2 unspecified atom stereocenters. The second kappa shape index (κ2) is 24.2. The van der Waals surface area contributed by atoms with Gasteiger partial charge in [0.1, 0.15) is 22.6 Å². The standard InChI is InChI=1S/C22H28ClNO6.C16H19Cl2NO3.C6H10O3/c1-14(13-15(2)25)20(27)29-16(3)30-21(28)24(4)22(12-8-7-11-19(22)26)17-9-5-6-10-18(17)23;1-11(17)22-15(21)19(2)16(10-6-5-9-14(16)20)12-7-3-4-8-13(12)18;1-4(6(8)9)3-5(2)7/h5-6,9-10,14,16H,7-8,11-13H2,1-4H3;3-4,7-8,11H,5-6,9-10H2,1-2H3;4H,3H2,1-2H3,(H,8,9)/t14-,16?,22+;11?,16-;4-/m101/s1. The Bertz CT molecular complexity index is 1910. The summed E-state index contributed by atoms with van der Waals surface area (Å²) in [6.45, 7) is 8.82. The van der Waals surface area contributed by atoms with Crippen LogP contribution in [0.15, 0.2) is 48.5 Å². The molecule has 0 radical (unpaired) electrons. The van der Waals surface area contributed by atoms with Crippen LogP contribution in [0.3, 0.4) is 0 Å². The van der Waals surface area contributed by atoms with Gasteiger partial charge in [-0.15, -0.1) is 0 Å². The molecule has 336 valence electrons. The van der Waals surface area contributed by atoms with E-state index >= 15 is 0 Å². The Morgan fingerprint density at radius 1 is 0.656 bits per heavy atom. The first-order valence-corrected chi connectivity index (χ1v) is 21.2. The molecule has 2 saturated carbocycles. The average molecular weight is 912 g/mol. The van der Waals surface area contributed by atoms with Gasteiger partial charge in [-0.2, -0.15) is 0 Å². The van der Waals surface area contributed by atoms with Crippen LogP contribution in [0, 0.1) is 11.8 Å². The van der Waals surface area contributed by atoms with Crippen molar-refractivity contribution in [2.24, 2.45) is 11.8 Å². The van der Waals surface area contributed by atoms with Gasteiger partial charge in [0, 0.05) is 67.9 Å². The Morgan fingerprint density at radius 3 is 1.39 bits per heavy atom. The summed E-state index contributed by atoms with van der Waals surface area (Å²) < 4.78 is 15.5. The second-order valence-corrected chi connectivity index (χ2v) is 16.8. The lowest BCUT2D eigenvalue weighted by molar-refractivity contribution is -0.172. The van der Waals surface area contributed by atoms with Crippen molar-refractivity contribution in [3.05, 3.63) is 69.7 Å². The normalized spacial score (nSPS) is 20.4. The summed E-state index contributed by atoms with van der Waals surface area (Å²) in [5.74, 6) is -3.08. The molecule has 0 aromatic heterocycles. The van der Waals surface area contributed by atoms with Gasteiger partial charge in [0.25, 0.3) is 0 Å². The number of hydrogen-bond donors (Lipinski definition) is 1. The summed E-state index contributed by atoms with van der Waals surface area (Å²) in [6, 6.07) is 14.1. The predicted octanol–water partition coefficient (Wildman–Crippen LogP) is 9.27. The number of amides is 2. The van der Waals surface area contributed by atoms with Crippen LogP contribution in [0.1, 0.15) is 117 Å². The molecule has 61 heavy (non-hydrogen) atoms. The molecule has 0 spiro atoms. The van der Waals surface area contributed by atoms with E-state index in [1.165, 1.54) is 44.5 Å². The summed E-state index contributed by atoms with van der Waals surface area (Å²) in [6.07, 6.45) is 2.42. The number of esters is 1.